The maximum atomic E-state index is 12.1. The van der Waals surface area contributed by atoms with Gasteiger partial charge in [-0.1, -0.05) is 0 Å². The largest absolute Gasteiger partial charge is 0.322 e. The van der Waals surface area contributed by atoms with Crippen LogP contribution in [-0.4, -0.2) is 28.6 Å². The Morgan fingerprint density at radius 1 is 1.38 bits per heavy atom. The molecule has 2 aromatic rings. The molecular weight excluding hydrogens is 268 g/mol. The summed E-state index contributed by atoms with van der Waals surface area (Å²) in [6.07, 6.45) is 2.32. The van der Waals surface area contributed by atoms with Gasteiger partial charge < -0.3 is 10.2 Å². The first-order chi connectivity index (χ1) is 10.1. The van der Waals surface area contributed by atoms with Crippen LogP contribution in [0.15, 0.2) is 24.4 Å². The normalized spacial score (nSPS) is 13.1. The quantitative estimate of drug-likeness (QED) is 0.883. The molecule has 0 saturated carbocycles. The van der Waals surface area contributed by atoms with Crippen LogP contribution in [-0.2, 0) is 11.2 Å². The molecule has 0 atom stereocenters. The number of carbonyl (C=O) groups is 2. The highest BCUT2D eigenvalue weighted by Gasteiger charge is 2.22. The minimum Gasteiger partial charge on any atom is -0.322 e. The van der Waals surface area contributed by atoms with E-state index in [4.69, 9.17) is 0 Å². The molecule has 0 unspecified atom stereocenters. The lowest BCUT2D eigenvalue weighted by molar-refractivity contribution is -0.116. The summed E-state index contributed by atoms with van der Waals surface area (Å²) < 4.78 is 0. The molecule has 0 aliphatic carbocycles. The number of anilines is 2. The third-order valence-corrected chi connectivity index (χ3v) is 3.69. The monoisotopic (exact) mass is 284 g/mol. The molecule has 21 heavy (non-hydrogen) atoms. The SMILES string of the molecule is CC(=O)N1CCc2cc(NC(=O)c3cn[nH]c3C)ccc21. The van der Waals surface area contributed by atoms with E-state index < -0.39 is 0 Å². The van der Waals surface area contributed by atoms with E-state index in [0.29, 0.717) is 12.1 Å². The number of nitrogens with zero attached hydrogens (tertiary/aromatic N) is 2. The third kappa shape index (κ3) is 2.40. The predicted octanol–water partition coefficient (Wildman–Crippen LogP) is 1.88. The van der Waals surface area contributed by atoms with Crippen LogP contribution in [0.3, 0.4) is 0 Å². The van der Waals surface area contributed by atoms with Crippen LogP contribution in [0.4, 0.5) is 11.4 Å². The summed E-state index contributed by atoms with van der Waals surface area (Å²) in [5.41, 5.74) is 3.99. The lowest BCUT2D eigenvalue weighted by Gasteiger charge is -2.15. The van der Waals surface area contributed by atoms with Crippen LogP contribution in [0.25, 0.3) is 0 Å². The molecular formula is C15H16N4O2. The van der Waals surface area contributed by atoms with Gasteiger partial charge in [-0.2, -0.15) is 5.10 Å². The van der Waals surface area contributed by atoms with Crippen LogP contribution < -0.4 is 10.2 Å². The Balaban J connectivity index is 1.81. The van der Waals surface area contributed by atoms with Gasteiger partial charge in [-0.25, -0.2) is 0 Å². The highest BCUT2D eigenvalue weighted by molar-refractivity contribution is 6.05. The number of benzene rings is 1. The van der Waals surface area contributed by atoms with Crippen LogP contribution >= 0.6 is 0 Å². The molecule has 2 N–H and O–H groups in total. The number of aryl methyl sites for hydroxylation is 1. The third-order valence-electron chi connectivity index (χ3n) is 3.69. The van der Waals surface area contributed by atoms with Crippen molar-refractivity contribution >= 4 is 23.2 Å². The molecule has 1 aliphatic rings. The van der Waals surface area contributed by atoms with Crippen molar-refractivity contribution in [2.75, 3.05) is 16.8 Å². The molecule has 108 valence electrons. The molecule has 1 aromatic carbocycles. The predicted molar refractivity (Wildman–Crippen MR) is 79.5 cm³/mol. The molecule has 2 amide bonds. The minimum absolute atomic E-state index is 0.0413. The van der Waals surface area contributed by atoms with E-state index >= 15 is 0 Å². The molecule has 0 fully saturated rings. The van der Waals surface area contributed by atoms with Crippen molar-refractivity contribution in [2.45, 2.75) is 20.3 Å². The average molecular weight is 284 g/mol. The van der Waals surface area contributed by atoms with Gasteiger partial charge in [-0.15, -0.1) is 0 Å². The van der Waals surface area contributed by atoms with E-state index in [-0.39, 0.29) is 11.8 Å². The lowest BCUT2D eigenvalue weighted by Crippen LogP contribution is -2.25. The number of carbonyl (C=O) groups excluding carboxylic acids is 2. The highest BCUT2D eigenvalue weighted by atomic mass is 16.2. The fraction of sp³-hybridized carbons (Fsp3) is 0.267. The molecule has 1 aliphatic heterocycles. The highest BCUT2D eigenvalue weighted by Crippen LogP contribution is 2.30. The minimum atomic E-state index is -0.192. The summed E-state index contributed by atoms with van der Waals surface area (Å²) in [5.74, 6) is -0.151. The topological polar surface area (TPSA) is 78.1 Å². The van der Waals surface area contributed by atoms with E-state index in [1.807, 2.05) is 18.2 Å². The Hall–Kier alpha value is -2.63. The zero-order valence-electron chi connectivity index (χ0n) is 11.9. The average Bonchev–Trinajstić information content (AvgIpc) is 3.04. The smallest absolute Gasteiger partial charge is 0.259 e. The second kappa shape index (κ2) is 5.05. The van der Waals surface area contributed by atoms with Gasteiger partial charge in [0, 0.05) is 30.5 Å². The Morgan fingerprint density at radius 3 is 2.86 bits per heavy atom. The number of aromatic amines is 1. The summed E-state index contributed by atoms with van der Waals surface area (Å²) >= 11 is 0. The summed E-state index contributed by atoms with van der Waals surface area (Å²) in [6, 6.07) is 5.61. The zero-order valence-corrected chi connectivity index (χ0v) is 11.9. The van der Waals surface area contributed by atoms with Crippen molar-refractivity contribution in [1.29, 1.82) is 0 Å². The van der Waals surface area contributed by atoms with Gasteiger partial charge in [0.25, 0.3) is 5.91 Å². The van der Waals surface area contributed by atoms with Crippen molar-refractivity contribution < 1.29 is 9.59 Å². The van der Waals surface area contributed by atoms with Gasteiger partial charge in [0.2, 0.25) is 5.91 Å². The number of rotatable bonds is 2. The van der Waals surface area contributed by atoms with E-state index in [1.165, 1.54) is 6.20 Å². The molecule has 0 spiro atoms. The van der Waals surface area contributed by atoms with Crippen molar-refractivity contribution in [3.05, 3.63) is 41.2 Å². The molecule has 2 heterocycles. The zero-order chi connectivity index (χ0) is 15.0. The number of H-pyrrole nitrogens is 1. The number of aromatic nitrogens is 2. The number of fused-ring (bicyclic) bond motifs is 1. The van der Waals surface area contributed by atoms with Crippen molar-refractivity contribution in [2.24, 2.45) is 0 Å². The maximum absolute atomic E-state index is 12.1. The number of hydrogen-bond acceptors (Lipinski definition) is 3. The molecule has 0 saturated heterocycles. The Morgan fingerprint density at radius 2 is 2.19 bits per heavy atom. The van der Waals surface area contributed by atoms with E-state index in [2.05, 4.69) is 15.5 Å². The second-order valence-electron chi connectivity index (χ2n) is 5.13. The van der Waals surface area contributed by atoms with Gasteiger partial charge in [0.15, 0.2) is 0 Å². The first kappa shape index (κ1) is 13.4. The van der Waals surface area contributed by atoms with Crippen molar-refractivity contribution in [3.8, 4) is 0 Å². The second-order valence-corrected chi connectivity index (χ2v) is 5.13. The summed E-state index contributed by atoms with van der Waals surface area (Å²) in [4.78, 5) is 25.4. The molecule has 1 aromatic heterocycles. The van der Waals surface area contributed by atoms with Crippen LogP contribution in [0, 0.1) is 6.92 Å². The van der Waals surface area contributed by atoms with Crippen molar-refractivity contribution in [3.63, 3.8) is 0 Å². The standard InChI is InChI=1S/C15H16N4O2/c1-9-13(8-16-18-9)15(21)17-12-3-4-14-11(7-12)5-6-19(14)10(2)20/h3-4,7-8H,5-6H2,1-2H3,(H,16,18)(H,17,21). The Labute approximate surface area is 122 Å². The van der Waals surface area contributed by atoms with Gasteiger partial charge in [-0.05, 0) is 37.1 Å². The number of hydrogen-bond donors (Lipinski definition) is 2. The lowest BCUT2D eigenvalue weighted by atomic mass is 10.1. The molecule has 0 radical (unpaired) electrons. The first-order valence-electron chi connectivity index (χ1n) is 6.78. The molecule has 6 heteroatoms. The van der Waals surface area contributed by atoms with Gasteiger partial charge in [-0.3, -0.25) is 14.7 Å². The fourth-order valence-corrected chi connectivity index (χ4v) is 2.58. The van der Waals surface area contributed by atoms with E-state index in [1.54, 1.807) is 18.7 Å². The number of amides is 2. The van der Waals surface area contributed by atoms with Crippen LogP contribution in [0.1, 0.15) is 28.5 Å². The Kier molecular flexibility index (Phi) is 3.21. The molecule has 3 rings (SSSR count). The van der Waals surface area contributed by atoms with E-state index in [9.17, 15) is 9.59 Å². The summed E-state index contributed by atoms with van der Waals surface area (Å²) in [5, 5.41) is 9.44. The number of nitrogens with one attached hydrogen (secondary N) is 2. The fourth-order valence-electron chi connectivity index (χ4n) is 2.58. The summed E-state index contributed by atoms with van der Waals surface area (Å²) in [6.45, 7) is 4.06. The van der Waals surface area contributed by atoms with Gasteiger partial charge >= 0.3 is 0 Å². The molecule has 0 bridgehead atoms. The van der Waals surface area contributed by atoms with E-state index in [0.717, 1.165) is 29.1 Å². The van der Waals surface area contributed by atoms with Crippen molar-refractivity contribution in [1.82, 2.24) is 10.2 Å². The van der Waals surface area contributed by atoms with Crippen LogP contribution in [0.2, 0.25) is 0 Å². The molecule has 6 nitrogen and oxygen atoms in total. The summed E-state index contributed by atoms with van der Waals surface area (Å²) in [7, 11) is 0. The van der Waals surface area contributed by atoms with Gasteiger partial charge in [0.05, 0.1) is 11.8 Å². The Bertz CT molecular complexity index is 720. The van der Waals surface area contributed by atoms with Crippen LogP contribution in [0.5, 0.6) is 0 Å². The first-order valence-corrected chi connectivity index (χ1v) is 6.78. The van der Waals surface area contributed by atoms with Gasteiger partial charge in [0.1, 0.15) is 0 Å². The maximum Gasteiger partial charge on any atom is 0.259 e.